The standard InChI is InChI=1S/C10H13NO2/c1-7(10(11)13)9(12)8-5-3-2-4-6-8/h2-7,9,12H,1H3,(H2,11,13)/t7?,9-/m0/s1. The molecule has 2 atom stereocenters. The third-order valence-corrected chi connectivity index (χ3v) is 2.06. The fourth-order valence-corrected chi connectivity index (χ4v) is 1.09. The highest BCUT2D eigenvalue weighted by Crippen LogP contribution is 2.20. The molecule has 1 amide bonds. The lowest BCUT2D eigenvalue weighted by Gasteiger charge is -2.15. The lowest BCUT2D eigenvalue weighted by molar-refractivity contribution is -0.124. The van der Waals surface area contributed by atoms with Crippen molar-refractivity contribution in [2.24, 2.45) is 11.7 Å². The van der Waals surface area contributed by atoms with E-state index in [2.05, 4.69) is 0 Å². The number of carbonyl (C=O) groups excluding carboxylic acids is 1. The minimum atomic E-state index is -0.807. The molecule has 0 aromatic heterocycles. The normalized spacial score (nSPS) is 14.9. The first kappa shape index (κ1) is 9.74. The van der Waals surface area contributed by atoms with Gasteiger partial charge in [0.05, 0.1) is 12.0 Å². The van der Waals surface area contributed by atoms with Crippen molar-refractivity contribution >= 4 is 5.91 Å². The smallest absolute Gasteiger partial charge is 0.223 e. The second kappa shape index (κ2) is 4.05. The maximum Gasteiger partial charge on any atom is 0.223 e. The Morgan fingerprint density at radius 2 is 1.92 bits per heavy atom. The largest absolute Gasteiger partial charge is 0.388 e. The summed E-state index contributed by atoms with van der Waals surface area (Å²) in [6.07, 6.45) is -0.807. The van der Waals surface area contributed by atoms with Crippen molar-refractivity contribution in [1.29, 1.82) is 0 Å². The predicted octanol–water partition coefficient (Wildman–Crippen LogP) is 0.841. The summed E-state index contributed by atoms with van der Waals surface area (Å²) in [5.74, 6) is -1.04. The van der Waals surface area contributed by atoms with Gasteiger partial charge in [0.15, 0.2) is 0 Å². The van der Waals surface area contributed by atoms with Crippen LogP contribution in [0.2, 0.25) is 0 Å². The van der Waals surface area contributed by atoms with Gasteiger partial charge < -0.3 is 10.8 Å². The average Bonchev–Trinajstić information content (AvgIpc) is 2.17. The molecule has 1 aromatic carbocycles. The number of primary amides is 1. The summed E-state index contributed by atoms with van der Waals surface area (Å²) < 4.78 is 0. The molecule has 0 aliphatic rings. The number of hydrogen-bond acceptors (Lipinski definition) is 2. The number of benzene rings is 1. The number of aliphatic hydroxyl groups is 1. The summed E-state index contributed by atoms with van der Waals surface area (Å²) in [5, 5.41) is 9.66. The molecule has 3 nitrogen and oxygen atoms in total. The van der Waals surface area contributed by atoms with Gasteiger partial charge in [0.2, 0.25) is 5.91 Å². The van der Waals surface area contributed by atoms with Crippen LogP contribution in [-0.2, 0) is 4.79 Å². The van der Waals surface area contributed by atoms with E-state index in [9.17, 15) is 9.90 Å². The fraction of sp³-hybridized carbons (Fsp3) is 0.300. The third-order valence-electron chi connectivity index (χ3n) is 2.06. The van der Waals surface area contributed by atoms with E-state index >= 15 is 0 Å². The van der Waals surface area contributed by atoms with Crippen molar-refractivity contribution in [3.05, 3.63) is 35.9 Å². The highest BCUT2D eigenvalue weighted by molar-refractivity contribution is 5.77. The first-order chi connectivity index (χ1) is 6.13. The molecule has 70 valence electrons. The van der Waals surface area contributed by atoms with E-state index < -0.39 is 17.9 Å². The molecule has 3 N–H and O–H groups in total. The van der Waals surface area contributed by atoms with Crippen LogP contribution < -0.4 is 5.73 Å². The highest BCUT2D eigenvalue weighted by Gasteiger charge is 2.20. The number of nitrogens with two attached hydrogens (primary N) is 1. The van der Waals surface area contributed by atoms with Gasteiger partial charge in [-0.3, -0.25) is 4.79 Å². The number of hydrogen-bond donors (Lipinski definition) is 2. The second-order valence-corrected chi connectivity index (χ2v) is 3.05. The summed E-state index contributed by atoms with van der Waals surface area (Å²) in [5.41, 5.74) is 5.79. The minimum absolute atomic E-state index is 0.489. The predicted molar refractivity (Wildman–Crippen MR) is 49.8 cm³/mol. The maximum atomic E-state index is 10.8. The molecular weight excluding hydrogens is 166 g/mol. The quantitative estimate of drug-likeness (QED) is 0.722. The Kier molecular flexibility index (Phi) is 3.03. The zero-order valence-electron chi connectivity index (χ0n) is 7.47. The Labute approximate surface area is 77.2 Å². The summed E-state index contributed by atoms with van der Waals surface area (Å²) in [6, 6.07) is 9.01. The van der Waals surface area contributed by atoms with Gasteiger partial charge in [-0.05, 0) is 5.56 Å². The van der Waals surface area contributed by atoms with Gasteiger partial charge in [-0.15, -0.1) is 0 Å². The molecule has 0 heterocycles. The van der Waals surface area contributed by atoms with E-state index in [0.717, 1.165) is 0 Å². The SMILES string of the molecule is CC(C(N)=O)[C@H](O)c1ccccc1. The lowest BCUT2D eigenvalue weighted by Crippen LogP contribution is -2.26. The van der Waals surface area contributed by atoms with Gasteiger partial charge in [0.25, 0.3) is 0 Å². The van der Waals surface area contributed by atoms with Gasteiger partial charge in [0, 0.05) is 0 Å². The van der Waals surface area contributed by atoms with Crippen molar-refractivity contribution in [2.75, 3.05) is 0 Å². The molecule has 0 bridgehead atoms. The van der Waals surface area contributed by atoms with E-state index in [4.69, 9.17) is 5.73 Å². The van der Waals surface area contributed by atoms with Gasteiger partial charge in [0.1, 0.15) is 0 Å². The Morgan fingerprint density at radius 3 is 2.38 bits per heavy atom. The second-order valence-electron chi connectivity index (χ2n) is 3.05. The zero-order valence-corrected chi connectivity index (χ0v) is 7.47. The van der Waals surface area contributed by atoms with Gasteiger partial charge in [-0.2, -0.15) is 0 Å². The Bertz CT molecular complexity index is 284. The lowest BCUT2D eigenvalue weighted by atomic mass is 9.97. The minimum Gasteiger partial charge on any atom is -0.388 e. The molecular formula is C10H13NO2. The summed E-state index contributed by atoms with van der Waals surface area (Å²) in [4.78, 5) is 10.8. The number of amides is 1. The van der Waals surface area contributed by atoms with Crippen LogP contribution in [0.1, 0.15) is 18.6 Å². The number of carbonyl (C=O) groups is 1. The molecule has 3 heteroatoms. The van der Waals surface area contributed by atoms with Crippen LogP contribution in [0.3, 0.4) is 0 Å². The van der Waals surface area contributed by atoms with E-state index in [0.29, 0.717) is 5.56 Å². The van der Waals surface area contributed by atoms with Crippen LogP contribution in [0.4, 0.5) is 0 Å². The topological polar surface area (TPSA) is 63.3 Å². The van der Waals surface area contributed by atoms with Crippen LogP contribution in [0.5, 0.6) is 0 Å². The van der Waals surface area contributed by atoms with Crippen molar-refractivity contribution in [3.8, 4) is 0 Å². The monoisotopic (exact) mass is 179 g/mol. The van der Waals surface area contributed by atoms with Crippen molar-refractivity contribution in [2.45, 2.75) is 13.0 Å². The third kappa shape index (κ3) is 2.29. The Balaban J connectivity index is 2.79. The maximum absolute atomic E-state index is 10.8. The molecule has 0 radical (unpaired) electrons. The zero-order chi connectivity index (χ0) is 9.84. The molecule has 0 saturated heterocycles. The molecule has 0 aliphatic carbocycles. The van der Waals surface area contributed by atoms with Crippen molar-refractivity contribution in [1.82, 2.24) is 0 Å². The molecule has 1 rings (SSSR count). The average molecular weight is 179 g/mol. The molecule has 1 aromatic rings. The number of rotatable bonds is 3. The molecule has 0 fully saturated rings. The van der Waals surface area contributed by atoms with Crippen molar-refractivity contribution in [3.63, 3.8) is 0 Å². The van der Waals surface area contributed by atoms with E-state index in [1.54, 1.807) is 19.1 Å². The Morgan fingerprint density at radius 1 is 1.38 bits per heavy atom. The number of aliphatic hydroxyl groups excluding tert-OH is 1. The van der Waals surface area contributed by atoms with E-state index in [1.807, 2.05) is 18.2 Å². The summed E-state index contributed by atoms with van der Waals surface area (Å²) in [7, 11) is 0. The van der Waals surface area contributed by atoms with Crippen molar-refractivity contribution < 1.29 is 9.90 Å². The molecule has 0 aliphatic heterocycles. The van der Waals surface area contributed by atoms with Crippen LogP contribution in [0.25, 0.3) is 0 Å². The molecule has 0 spiro atoms. The first-order valence-electron chi connectivity index (χ1n) is 4.15. The van der Waals surface area contributed by atoms with E-state index in [1.165, 1.54) is 0 Å². The van der Waals surface area contributed by atoms with Gasteiger partial charge in [-0.1, -0.05) is 37.3 Å². The molecule has 0 saturated carbocycles. The van der Waals surface area contributed by atoms with Crippen LogP contribution in [0, 0.1) is 5.92 Å². The highest BCUT2D eigenvalue weighted by atomic mass is 16.3. The first-order valence-corrected chi connectivity index (χ1v) is 4.15. The van der Waals surface area contributed by atoms with Crippen LogP contribution in [-0.4, -0.2) is 11.0 Å². The van der Waals surface area contributed by atoms with Crippen LogP contribution >= 0.6 is 0 Å². The Hall–Kier alpha value is -1.35. The van der Waals surface area contributed by atoms with Gasteiger partial charge in [-0.25, -0.2) is 0 Å². The van der Waals surface area contributed by atoms with Gasteiger partial charge >= 0.3 is 0 Å². The van der Waals surface area contributed by atoms with Crippen LogP contribution in [0.15, 0.2) is 30.3 Å². The summed E-state index contributed by atoms with van der Waals surface area (Å²) >= 11 is 0. The summed E-state index contributed by atoms with van der Waals surface area (Å²) in [6.45, 7) is 1.61. The fourth-order valence-electron chi connectivity index (χ4n) is 1.09. The molecule has 13 heavy (non-hydrogen) atoms. The molecule has 1 unspecified atom stereocenters. The van der Waals surface area contributed by atoms with E-state index in [-0.39, 0.29) is 0 Å².